The first-order valence-corrected chi connectivity index (χ1v) is 9.43. The molecule has 23 heavy (non-hydrogen) atoms. The SMILES string of the molecule is CCCSc1nnc(NC(=O)C(CC)Oc2ccccc2C)s1. The van der Waals surface area contributed by atoms with Crippen LogP contribution in [0.2, 0.25) is 0 Å². The van der Waals surface area contributed by atoms with E-state index in [2.05, 4.69) is 22.4 Å². The van der Waals surface area contributed by atoms with Crippen LogP contribution >= 0.6 is 23.1 Å². The lowest BCUT2D eigenvalue weighted by molar-refractivity contribution is -0.122. The Balaban J connectivity index is 1.97. The van der Waals surface area contributed by atoms with Gasteiger partial charge in [-0.15, -0.1) is 10.2 Å². The molecule has 0 aliphatic rings. The highest BCUT2D eigenvalue weighted by atomic mass is 32.2. The van der Waals surface area contributed by atoms with Crippen molar-refractivity contribution in [1.29, 1.82) is 0 Å². The minimum absolute atomic E-state index is 0.195. The second kappa shape index (κ2) is 8.88. The molecule has 0 aliphatic carbocycles. The number of hydrogen-bond donors (Lipinski definition) is 1. The summed E-state index contributed by atoms with van der Waals surface area (Å²) in [4.78, 5) is 12.4. The molecule has 0 radical (unpaired) electrons. The van der Waals surface area contributed by atoms with Crippen molar-refractivity contribution in [3.8, 4) is 5.75 Å². The van der Waals surface area contributed by atoms with Crippen LogP contribution in [0, 0.1) is 6.92 Å². The summed E-state index contributed by atoms with van der Waals surface area (Å²) in [5.41, 5.74) is 1.01. The number of thioether (sulfide) groups is 1. The molecule has 0 bridgehead atoms. The van der Waals surface area contributed by atoms with Crippen LogP contribution < -0.4 is 10.1 Å². The van der Waals surface area contributed by atoms with Gasteiger partial charge in [-0.3, -0.25) is 10.1 Å². The molecule has 1 unspecified atom stereocenters. The van der Waals surface area contributed by atoms with Crippen LogP contribution in [-0.4, -0.2) is 28.0 Å². The van der Waals surface area contributed by atoms with Gasteiger partial charge in [-0.05, 0) is 31.4 Å². The summed E-state index contributed by atoms with van der Waals surface area (Å²) >= 11 is 3.04. The van der Waals surface area contributed by atoms with Crippen LogP contribution in [0.15, 0.2) is 28.6 Å². The Labute approximate surface area is 144 Å². The topological polar surface area (TPSA) is 64.1 Å². The van der Waals surface area contributed by atoms with Gasteiger partial charge in [0.05, 0.1) is 0 Å². The summed E-state index contributed by atoms with van der Waals surface area (Å²) in [6.07, 6.45) is 1.11. The van der Waals surface area contributed by atoms with E-state index in [0.717, 1.165) is 27.8 Å². The number of amides is 1. The van der Waals surface area contributed by atoms with Crippen molar-refractivity contribution in [2.24, 2.45) is 0 Å². The quantitative estimate of drug-likeness (QED) is 0.572. The highest BCUT2D eigenvalue weighted by Gasteiger charge is 2.20. The number of benzene rings is 1. The number of carbonyl (C=O) groups excluding carboxylic acids is 1. The van der Waals surface area contributed by atoms with E-state index >= 15 is 0 Å². The van der Waals surface area contributed by atoms with Crippen molar-refractivity contribution in [2.45, 2.75) is 44.1 Å². The third-order valence-electron chi connectivity index (χ3n) is 3.09. The van der Waals surface area contributed by atoms with Crippen molar-refractivity contribution in [3.63, 3.8) is 0 Å². The standard InChI is InChI=1S/C16H21N3O2S2/c1-4-10-22-16-19-18-15(23-16)17-14(20)12(5-2)21-13-9-7-6-8-11(13)3/h6-9,12H,4-5,10H2,1-3H3,(H,17,18,20). The lowest BCUT2D eigenvalue weighted by Crippen LogP contribution is -2.32. The molecule has 1 aromatic carbocycles. The van der Waals surface area contributed by atoms with Gasteiger partial charge < -0.3 is 4.74 Å². The average molecular weight is 351 g/mol. The molecule has 1 atom stereocenters. The molecule has 1 heterocycles. The monoisotopic (exact) mass is 351 g/mol. The maximum atomic E-state index is 12.4. The van der Waals surface area contributed by atoms with Crippen LogP contribution in [0.3, 0.4) is 0 Å². The molecule has 0 aliphatic heterocycles. The summed E-state index contributed by atoms with van der Waals surface area (Å²) in [6, 6.07) is 7.67. The van der Waals surface area contributed by atoms with Crippen molar-refractivity contribution in [3.05, 3.63) is 29.8 Å². The van der Waals surface area contributed by atoms with Gasteiger partial charge in [0.2, 0.25) is 5.13 Å². The van der Waals surface area contributed by atoms with E-state index in [1.165, 1.54) is 11.3 Å². The zero-order valence-corrected chi connectivity index (χ0v) is 15.2. The lowest BCUT2D eigenvalue weighted by atomic mass is 10.2. The maximum Gasteiger partial charge on any atom is 0.267 e. The summed E-state index contributed by atoms with van der Waals surface area (Å²) in [5, 5.41) is 11.4. The highest BCUT2D eigenvalue weighted by molar-refractivity contribution is 8.01. The number of aryl methyl sites for hydroxylation is 1. The Hall–Kier alpha value is -1.60. The van der Waals surface area contributed by atoms with E-state index in [1.54, 1.807) is 11.8 Å². The number of nitrogens with zero attached hydrogens (tertiary/aromatic N) is 2. The molecular weight excluding hydrogens is 330 g/mol. The van der Waals surface area contributed by atoms with Crippen LogP contribution in [0.4, 0.5) is 5.13 Å². The molecule has 1 amide bonds. The maximum absolute atomic E-state index is 12.4. The highest BCUT2D eigenvalue weighted by Crippen LogP contribution is 2.26. The second-order valence-electron chi connectivity index (χ2n) is 4.99. The van der Waals surface area contributed by atoms with Gasteiger partial charge in [-0.1, -0.05) is 55.1 Å². The first-order valence-electron chi connectivity index (χ1n) is 7.63. The molecule has 0 saturated heterocycles. The predicted molar refractivity (Wildman–Crippen MR) is 95.4 cm³/mol. The Bertz CT molecular complexity index is 646. The number of hydrogen-bond acceptors (Lipinski definition) is 6. The van der Waals surface area contributed by atoms with Gasteiger partial charge in [-0.2, -0.15) is 0 Å². The van der Waals surface area contributed by atoms with Gasteiger partial charge in [0.1, 0.15) is 5.75 Å². The summed E-state index contributed by atoms with van der Waals surface area (Å²) in [5.74, 6) is 1.53. The van der Waals surface area contributed by atoms with Crippen molar-refractivity contribution >= 4 is 34.1 Å². The minimum Gasteiger partial charge on any atom is -0.480 e. The number of rotatable bonds is 8. The fourth-order valence-electron chi connectivity index (χ4n) is 1.86. The van der Waals surface area contributed by atoms with E-state index in [4.69, 9.17) is 4.74 Å². The molecule has 7 heteroatoms. The Kier molecular flexibility index (Phi) is 6.85. The number of ether oxygens (including phenoxy) is 1. The Morgan fingerprint density at radius 2 is 2.13 bits per heavy atom. The fourth-order valence-corrected chi connectivity index (χ4v) is 3.54. The molecule has 124 valence electrons. The number of anilines is 1. The zero-order valence-electron chi connectivity index (χ0n) is 13.5. The third-order valence-corrected chi connectivity index (χ3v) is 5.27. The number of nitrogens with one attached hydrogen (secondary N) is 1. The molecule has 5 nitrogen and oxygen atoms in total. The normalized spacial score (nSPS) is 12.0. The van der Waals surface area contributed by atoms with Gasteiger partial charge in [-0.25, -0.2) is 0 Å². The summed E-state index contributed by atoms with van der Waals surface area (Å²) in [7, 11) is 0. The minimum atomic E-state index is -0.549. The number of carbonyl (C=O) groups is 1. The van der Waals surface area contributed by atoms with Crippen LogP contribution in [0.5, 0.6) is 5.75 Å². The van der Waals surface area contributed by atoms with E-state index < -0.39 is 6.10 Å². The van der Waals surface area contributed by atoms with E-state index in [0.29, 0.717) is 11.6 Å². The van der Waals surface area contributed by atoms with Crippen LogP contribution in [0.25, 0.3) is 0 Å². The van der Waals surface area contributed by atoms with Gasteiger partial charge in [0, 0.05) is 5.75 Å². The molecule has 0 saturated carbocycles. The average Bonchev–Trinajstić information content (AvgIpc) is 2.99. The molecule has 1 N–H and O–H groups in total. The van der Waals surface area contributed by atoms with E-state index in [9.17, 15) is 4.79 Å². The Morgan fingerprint density at radius 1 is 1.35 bits per heavy atom. The summed E-state index contributed by atoms with van der Waals surface area (Å²) < 4.78 is 6.71. The fraction of sp³-hybridized carbons (Fsp3) is 0.438. The van der Waals surface area contributed by atoms with E-state index in [1.807, 2.05) is 38.1 Å². The van der Waals surface area contributed by atoms with Gasteiger partial charge in [0.25, 0.3) is 5.91 Å². The first kappa shape index (κ1) is 17.7. The number of para-hydroxylation sites is 1. The van der Waals surface area contributed by atoms with E-state index in [-0.39, 0.29) is 5.91 Å². The van der Waals surface area contributed by atoms with Gasteiger partial charge >= 0.3 is 0 Å². The molecule has 2 rings (SSSR count). The van der Waals surface area contributed by atoms with Crippen molar-refractivity contribution in [1.82, 2.24) is 10.2 Å². The lowest BCUT2D eigenvalue weighted by Gasteiger charge is -2.17. The molecule has 1 aromatic heterocycles. The summed E-state index contributed by atoms with van der Waals surface area (Å²) in [6.45, 7) is 6.00. The second-order valence-corrected chi connectivity index (χ2v) is 7.31. The third kappa shape index (κ3) is 5.21. The molecular formula is C16H21N3O2S2. The Morgan fingerprint density at radius 3 is 2.83 bits per heavy atom. The van der Waals surface area contributed by atoms with Crippen LogP contribution in [-0.2, 0) is 4.79 Å². The van der Waals surface area contributed by atoms with Crippen LogP contribution in [0.1, 0.15) is 32.3 Å². The smallest absolute Gasteiger partial charge is 0.267 e. The van der Waals surface area contributed by atoms with Gasteiger partial charge in [0.15, 0.2) is 10.4 Å². The van der Waals surface area contributed by atoms with Crippen molar-refractivity contribution in [2.75, 3.05) is 11.1 Å². The number of aromatic nitrogens is 2. The molecule has 0 fully saturated rings. The molecule has 2 aromatic rings. The molecule has 0 spiro atoms. The largest absolute Gasteiger partial charge is 0.480 e. The predicted octanol–water partition coefficient (Wildman–Crippen LogP) is 4.14. The zero-order chi connectivity index (χ0) is 16.7. The van der Waals surface area contributed by atoms with Crippen molar-refractivity contribution < 1.29 is 9.53 Å². The first-order chi connectivity index (χ1) is 11.1.